The summed E-state index contributed by atoms with van der Waals surface area (Å²) >= 11 is 0. The molecule has 122 valence electrons. The maximum absolute atomic E-state index is 12.0. The maximum atomic E-state index is 12.0. The van der Waals surface area contributed by atoms with Crippen molar-refractivity contribution in [3.8, 4) is 0 Å². The van der Waals surface area contributed by atoms with Crippen LogP contribution < -0.4 is 5.32 Å². The number of ether oxygens (including phenoxy) is 1. The van der Waals surface area contributed by atoms with Gasteiger partial charge in [-0.25, -0.2) is 4.57 Å². The fourth-order valence-corrected chi connectivity index (χ4v) is 2.94. The lowest BCUT2D eigenvalue weighted by Gasteiger charge is -2.38. The third-order valence-electron chi connectivity index (χ3n) is 2.78. The summed E-state index contributed by atoms with van der Waals surface area (Å²) in [6.07, 6.45) is -1.32. The van der Waals surface area contributed by atoms with Crippen molar-refractivity contribution in [3.63, 3.8) is 0 Å². The fourth-order valence-electron chi connectivity index (χ4n) is 1.73. The minimum Gasteiger partial charge on any atom is -0.463 e. The van der Waals surface area contributed by atoms with Gasteiger partial charge in [-0.2, -0.15) is 0 Å². The molecular weight excluding hydrogens is 301 g/mol. The van der Waals surface area contributed by atoms with Crippen LogP contribution in [0.4, 0.5) is 0 Å². The smallest absolute Gasteiger partial charge is 0.463 e. The lowest BCUT2D eigenvalue weighted by Crippen LogP contribution is -2.49. The zero-order valence-corrected chi connectivity index (χ0v) is 13.5. The van der Waals surface area contributed by atoms with E-state index in [2.05, 4.69) is 9.84 Å². The quantitative estimate of drug-likeness (QED) is 0.573. The highest BCUT2D eigenvalue weighted by atomic mass is 31.2. The summed E-state index contributed by atoms with van der Waals surface area (Å²) in [5.41, 5.74) is -0.751. The first-order valence-corrected chi connectivity index (χ1v) is 8.16. The van der Waals surface area contributed by atoms with Crippen LogP contribution in [0.3, 0.4) is 0 Å². The van der Waals surface area contributed by atoms with Gasteiger partial charge in [0, 0.05) is 12.0 Å². The second kappa shape index (κ2) is 6.87. The van der Waals surface area contributed by atoms with Crippen LogP contribution in [0.25, 0.3) is 0 Å². The van der Waals surface area contributed by atoms with Gasteiger partial charge in [0.2, 0.25) is 5.91 Å². The van der Waals surface area contributed by atoms with Crippen LogP contribution in [0, 0.1) is 5.41 Å². The monoisotopic (exact) mass is 323 g/mol. The van der Waals surface area contributed by atoms with Crippen LogP contribution in [0.1, 0.15) is 34.1 Å². The molecule has 0 radical (unpaired) electrons. The van der Waals surface area contributed by atoms with Crippen LogP contribution >= 0.6 is 7.82 Å². The SMILES string of the molecule is CC(C)OC(=O)CCNC(=O)[C@@H]1OP(=O)(O)OCC1(C)C. The molecule has 1 saturated heterocycles. The molecule has 0 bridgehead atoms. The molecule has 8 nitrogen and oxygen atoms in total. The maximum Gasteiger partial charge on any atom is 0.472 e. The Hall–Kier alpha value is -0.950. The molecule has 0 saturated carbocycles. The highest BCUT2D eigenvalue weighted by molar-refractivity contribution is 7.47. The van der Waals surface area contributed by atoms with E-state index in [9.17, 15) is 19.0 Å². The molecule has 2 atom stereocenters. The molecule has 0 aromatic carbocycles. The average Bonchev–Trinajstić information content (AvgIpc) is 2.31. The van der Waals surface area contributed by atoms with Gasteiger partial charge >= 0.3 is 13.8 Å². The number of nitrogens with one attached hydrogen (secondary N) is 1. The zero-order valence-electron chi connectivity index (χ0n) is 12.6. The topological polar surface area (TPSA) is 111 Å². The molecule has 2 N–H and O–H groups in total. The Morgan fingerprint density at radius 3 is 2.67 bits per heavy atom. The van der Waals surface area contributed by atoms with Crippen molar-refractivity contribution in [2.75, 3.05) is 13.2 Å². The second-order valence-corrected chi connectivity index (χ2v) is 7.20. The van der Waals surface area contributed by atoms with E-state index in [1.165, 1.54) is 0 Å². The predicted molar refractivity (Wildman–Crippen MR) is 73.3 cm³/mol. The number of rotatable bonds is 5. The molecule has 1 unspecified atom stereocenters. The third kappa shape index (κ3) is 5.74. The number of amides is 1. The highest BCUT2D eigenvalue weighted by Crippen LogP contribution is 2.52. The Labute approximate surface area is 123 Å². The van der Waals surface area contributed by atoms with E-state index in [4.69, 9.17) is 9.26 Å². The molecule has 0 aromatic rings. The van der Waals surface area contributed by atoms with Crippen LogP contribution in [-0.2, 0) is 27.9 Å². The van der Waals surface area contributed by atoms with Gasteiger partial charge in [-0.05, 0) is 13.8 Å². The molecule has 1 aliphatic heterocycles. The number of carbonyl (C=O) groups is 2. The largest absolute Gasteiger partial charge is 0.472 e. The highest BCUT2D eigenvalue weighted by Gasteiger charge is 2.47. The van der Waals surface area contributed by atoms with Crippen molar-refractivity contribution in [1.29, 1.82) is 0 Å². The number of phosphoric acid groups is 1. The van der Waals surface area contributed by atoms with Gasteiger partial charge < -0.3 is 14.9 Å². The minimum absolute atomic E-state index is 0.0182. The van der Waals surface area contributed by atoms with Crippen molar-refractivity contribution in [1.82, 2.24) is 5.32 Å². The molecule has 1 heterocycles. The third-order valence-corrected chi connectivity index (χ3v) is 3.71. The van der Waals surface area contributed by atoms with E-state index >= 15 is 0 Å². The van der Waals surface area contributed by atoms with E-state index in [-0.39, 0.29) is 25.7 Å². The second-order valence-electron chi connectivity index (χ2n) is 5.80. The van der Waals surface area contributed by atoms with Crippen molar-refractivity contribution in [3.05, 3.63) is 0 Å². The summed E-state index contributed by atoms with van der Waals surface area (Å²) < 4.78 is 25.8. The van der Waals surface area contributed by atoms with Crippen molar-refractivity contribution >= 4 is 19.7 Å². The number of hydrogen-bond acceptors (Lipinski definition) is 6. The van der Waals surface area contributed by atoms with Gasteiger partial charge in [0.1, 0.15) is 0 Å². The van der Waals surface area contributed by atoms with E-state index in [0.29, 0.717) is 0 Å². The van der Waals surface area contributed by atoms with Gasteiger partial charge in [-0.15, -0.1) is 0 Å². The van der Waals surface area contributed by atoms with E-state index < -0.39 is 31.2 Å². The summed E-state index contributed by atoms with van der Waals surface area (Å²) in [5.74, 6) is -0.986. The molecule has 1 rings (SSSR count). The summed E-state index contributed by atoms with van der Waals surface area (Å²) in [7, 11) is -4.20. The van der Waals surface area contributed by atoms with Gasteiger partial charge in [0.05, 0.1) is 19.1 Å². The zero-order chi connectivity index (χ0) is 16.3. The lowest BCUT2D eigenvalue weighted by atomic mass is 9.87. The Balaban J connectivity index is 2.50. The number of hydrogen-bond donors (Lipinski definition) is 2. The molecule has 0 aliphatic carbocycles. The van der Waals surface area contributed by atoms with Crippen molar-refractivity contribution in [2.24, 2.45) is 5.41 Å². The number of carbonyl (C=O) groups excluding carboxylic acids is 2. The Kier molecular flexibility index (Phi) is 5.92. The first-order chi connectivity index (χ1) is 9.53. The van der Waals surface area contributed by atoms with Gasteiger partial charge in [-0.3, -0.25) is 18.6 Å². The standard InChI is InChI=1S/C12H22NO7P/c1-8(2)19-9(14)5-6-13-11(15)10-12(3,4)7-18-21(16,17)20-10/h8,10H,5-7H2,1-4H3,(H,13,15)(H,16,17)/t10-/m0/s1. The Morgan fingerprint density at radius 1 is 1.48 bits per heavy atom. The molecule has 9 heteroatoms. The minimum atomic E-state index is -4.20. The van der Waals surface area contributed by atoms with Crippen LogP contribution in [0.2, 0.25) is 0 Å². The first-order valence-electron chi connectivity index (χ1n) is 6.66. The Morgan fingerprint density at radius 2 is 2.10 bits per heavy atom. The first kappa shape index (κ1) is 18.1. The van der Waals surface area contributed by atoms with Crippen molar-refractivity contribution in [2.45, 2.75) is 46.3 Å². The summed E-state index contributed by atoms with van der Waals surface area (Å²) in [5, 5.41) is 2.50. The Bertz CT molecular complexity index is 449. The van der Waals surface area contributed by atoms with E-state index in [1.54, 1.807) is 27.7 Å². The summed E-state index contributed by atoms with van der Waals surface area (Å²) in [4.78, 5) is 32.7. The van der Waals surface area contributed by atoms with E-state index in [0.717, 1.165) is 0 Å². The molecular formula is C12H22NO7P. The van der Waals surface area contributed by atoms with Crippen LogP contribution in [-0.4, -0.2) is 42.1 Å². The van der Waals surface area contributed by atoms with Crippen LogP contribution in [0.5, 0.6) is 0 Å². The normalized spacial score (nSPS) is 28.2. The van der Waals surface area contributed by atoms with Gasteiger partial charge in [0.25, 0.3) is 0 Å². The van der Waals surface area contributed by atoms with Crippen LogP contribution in [0.15, 0.2) is 0 Å². The average molecular weight is 323 g/mol. The van der Waals surface area contributed by atoms with Crippen molar-refractivity contribution < 1.29 is 32.8 Å². The summed E-state index contributed by atoms with van der Waals surface area (Å²) in [6, 6.07) is 0. The number of phosphoric ester groups is 1. The molecule has 0 spiro atoms. The van der Waals surface area contributed by atoms with Gasteiger partial charge in [-0.1, -0.05) is 13.8 Å². The molecule has 0 aromatic heterocycles. The molecule has 1 aliphatic rings. The number of esters is 1. The molecule has 1 amide bonds. The van der Waals surface area contributed by atoms with E-state index in [1.807, 2.05) is 0 Å². The summed E-state index contributed by atoms with van der Waals surface area (Å²) in [6.45, 7) is 6.82. The lowest BCUT2D eigenvalue weighted by molar-refractivity contribution is -0.147. The predicted octanol–water partition coefficient (Wildman–Crippen LogP) is 0.986. The molecule has 21 heavy (non-hydrogen) atoms. The molecule has 1 fully saturated rings. The van der Waals surface area contributed by atoms with Gasteiger partial charge in [0.15, 0.2) is 6.10 Å². The fraction of sp³-hybridized carbons (Fsp3) is 0.833.